The van der Waals surface area contributed by atoms with Crippen molar-refractivity contribution in [3.05, 3.63) is 0 Å². The topological polar surface area (TPSA) is 108 Å². The highest BCUT2D eigenvalue weighted by Crippen LogP contribution is 2.21. The van der Waals surface area contributed by atoms with Gasteiger partial charge in [-0.05, 0) is 6.42 Å². The lowest BCUT2D eigenvalue weighted by molar-refractivity contribution is -0.138. The van der Waals surface area contributed by atoms with Gasteiger partial charge in [-0.1, -0.05) is 34.6 Å². The molecule has 112 valence electrons. The minimum absolute atomic E-state index is 0.300. The fraction of sp³-hybridized carbons (Fsp3) is 0.750. The molecule has 19 heavy (non-hydrogen) atoms. The maximum absolute atomic E-state index is 11.1. The van der Waals surface area contributed by atoms with Crippen LogP contribution in [0.15, 0.2) is 0 Å². The average Bonchev–Trinajstić information content (AvgIpc) is 3.21. The lowest BCUT2D eigenvalue weighted by atomic mass is 10.3. The smallest absolute Gasteiger partial charge is 0.336 e. The summed E-state index contributed by atoms with van der Waals surface area (Å²) in [6.07, 6.45) is -1.12. The van der Waals surface area contributed by atoms with Crippen LogP contribution in [-0.2, 0) is 19.1 Å². The molecule has 1 aliphatic rings. The number of hydrogen-bond acceptors (Lipinski definition) is 4. The van der Waals surface area contributed by atoms with Gasteiger partial charge in [-0.15, -0.1) is 0 Å². The zero-order chi connectivity index (χ0) is 15.4. The zero-order valence-corrected chi connectivity index (χ0v) is 12.1. The number of amides is 2. The van der Waals surface area contributed by atoms with Crippen LogP contribution in [-0.4, -0.2) is 35.1 Å². The Hall–Kier alpha value is -1.63. The number of aliphatic carboxylic acids is 1. The van der Waals surface area contributed by atoms with Crippen LogP contribution in [0.3, 0.4) is 0 Å². The van der Waals surface area contributed by atoms with Crippen molar-refractivity contribution < 1.29 is 24.2 Å². The van der Waals surface area contributed by atoms with Crippen molar-refractivity contribution in [2.75, 3.05) is 0 Å². The summed E-state index contributed by atoms with van der Waals surface area (Å²) < 4.78 is 4.57. The van der Waals surface area contributed by atoms with Crippen molar-refractivity contribution in [3.63, 3.8) is 0 Å². The second-order valence-corrected chi connectivity index (χ2v) is 3.10. The summed E-state index contributed by atoms with van der Waals surface area (Å²) in [4.78, 5) is 32.4. The molecule has 2 unspecified atom stereocenters. The first-order valence-electron chi connectivity index (χ1n) is 6.53. The Bertz CT molecular complexity index is 294. The summed E-state index contributed by atoms with van der Waals surface area (Å²) in [5, 5.41) is 8.44. The molecule has 0 aliphatic carbocycles. The molecule has 1 aliphatic heterocycles. The number of carboxylic acid groups (broad SMARTS) is 1. The highest BCUT2D eigenvalue weighted by Gasteiger charge is 2.50. The molecule has 7 nitrogen and oxygen atoms in total. The Labute approximate surface area is 113 Å². The molecular weight excluding hydrogens is 252 g/mol. The maximum Gasteiger partial charge on any atom is 0.336 e. The van der Waals surface area contributed by atoms with Gasteiger partial charge in [-0.3, -0.25) is 20.4 Å². The van der Waals surface area contributed by atoms with E-state index in [-0.39, 0.29) is 5.91 Å². The van der Waals surface area contributed by atoms with E-state index in [2.05, 4.69) is 15.6 Å². The summed E-state index contributed by atoms with van der Waals surface area (Å²) in [6.45, 7) is 9.83. The van der Waals surface area contributed by atoms with Crippen LogP contribution in [0.5, 0.6) is 0 Å². The van der Waals surface area contributed by atoms with Crippen molar-refractivity contribution in [1.29, 1.82) is 0 Å². The molecule has 0 saturated carbocycles. The number of carbonyl (C=O) groups excluding carboxylic acids is 2. The fourth-order valence-corrected chi connectivity index (χ4v) is 0.992. The van der Waals surface area contributed by atoms with Crippen LogP contribution >= 0.6 is 0 Å². The predicted molar refractivity (Wildman–Crippen MR) is 70.2 cm³/mol. The van der Waals surface area contributed by atoms with Gasteiger partial charge >= 0.3 is 5.97 Å². The van der Waals surface area contributed by atoms with Crippen molar-refractivity contribution in [3.8, 4) is 0 Å². The lowest BCUT2D eigenvalue weighted by Gasteiger charge is -2.03. The first-order valence-corrected chi connectivity index (χ1v) is 6.53. The molecule has 1 saturated heterocycles. The van der Waals surface area contributed by atoms with E-state index in [9.17, 15) is 14.4 Å². The van der Waals surface area contributed by atoms with Gasteiger partial charge in [0.2, 0.25) is 5.91 Å². The molecule has 0 spiro atoms. The molecule has 7 heteroatoms. The number of carboxylic acids is 1. The average molecular weight is 276 g/mol. The molecule has 0 aromatic rings. The highest BCUT2D eigenvalue weighted by atomic mass is 16.6. The van der Waals surface area contributed by atoms with Crippen LogP contribution in [0.1, 0.15) is 47.5 Å². The van der Waals surface area contributed by atoms with Crippen molar-refractivity contribution in [2.45, 2.75) is 59.7 Å². The molecule has 2 amide bonds. The number of ether oxygens (including phenoxy) is 1. The Morgan fingerprint density at radius 1 is 1.05 bits per heavy atom. The van der Waals surface area contributed by atoms with Crippen molar-refractivity contribution in [2.24, 2.45) is 0 Å². The van der Waals surface area contributed by atoms with Gasteiger partial charge in [0.1, 0.15) is 0 Å². The molecule has 0 aromatic heterocycles. The van der Waals surface area contributed by atoms with Crippen molar-refractivity contribution in [1.82, 2.24) is 10.9 Å². The highest BCUT2D eigenvalue weighted by molar-refractivity contribution is 5.93. The van der Waals surface area contributed by atoms with Gasteiger partial charge < -0.3 is 9.84 Å². The third-order valence-corrected chi connectivity index (χ3v) is 1.80. The van der Waals surface area contributed by atoms with Crippen molar-refractivity contribution >= 4 is 17.8 Å². The van der Waals surface area contributed by atoms with E-state index in [0.29, 0.717) is 12.8 Å². The molecule has 0 aromatic carbocycles. The van der Waals surface area contributed by atoms with Crippen LogP contribution in [0, 0.1) is 0 Å². The zero-order valence-electron chi connectivity index (χ0n) is 12.1. The van der Waals surface area contributed by atoms with E-state index >= 15 is 0 Å². The van der Waals surface area contributed by atoms with Crippen LogP contribution in [0.25, 0.3) is 0 Å². The Kier molecular flexibility index (Phi) is 11.9. The Balaban J connectivity index is 0. The standard InChI is InChI=1S/C8H12N2O5.2C2H6/c1-2-3-4(11)9-10-7(12)5-6(15-5)8(13)14;2*1-2/h5-6H,2-3H2,1H3,(H,9,11)(H,10,12)(H,13,14);2*1-2H3. The Morgan fingerprint density at radius 3 is 1.95 bits per heavy atom. The molecule has 0 bridgehead atoms. The Morgan fingerprint density at radius 2 is 1.58 bits per heavy atom. The minimum Gasteiger partial charge on any atom is -0.479 e. The maximum atomic E-state index is 11.1. The van der Waals surface area contributed by atoms with E-state index in [4.69, 9.17) is 5.11 Å². The van der Waals surface area contributed by atoms with Gasteiger partial charge in [0.15, 0.2) is 12.2 Å². The molecule has 1 heterocycles. The van der Waals surface area contributed by atoms with Gasteiger partial charge in [0.05, 0.1) is 0 Å². The molecule has 1 rings (SSSR count). The first-order chi connectivity index (χ1) is 9.06. The third-order valence-electron chi connectivity index (χ3n) is 1.80. The molecule has 2 atom stereocenters. The lowest BCUT2D eigenvalue weighted by Crippen LogP contribution is -2.44. The molecule has 3 N–H and O–H groups in total. The summed E-state index contributed by atoms with van der Waals surface area (Å²) >= 11 is 0. The van der Waals surface area contributed by atoms with E-state index < -0.39 is 24.1 Å². The summed E-state index contributed by atoms with van der Waals surface area (Å²) in [7, 11) is 0. The normalized spacial score (nSPS) is 18.8. The van der Waals surface area contributed by atoms with Crippen LogP contribution in [0.2, 0.25) is 0 Å². The van der Waals surface area contributed by atoms with E-state index in [0.717, 1.165) is 0 Å². The summed E-state index contributed by atoms with van der Waals surface area (Å²) in [5.74, 6) is -2.15. The summed E-state index contributed by atoms with van der Waals surface area (Å²) in [5.41, 5.74) is 4.24. The van der Waals surface area contributed by atoms with E-state index in [1.54, 1.807) is 0 Å². The SMILES string of the molecule is CC.CC.CCCC(=O)NNC(=O)C1OC1C(=O)O. The second-order valence-electron chi connectivity index (χ2n) is 3.10. The fourth-order valence-electron chi connectivity index (χ4n) is 0.992. The number of nitrogens with one attached hydrogen (secondary N) is 2. The van der Waals surface area contributed by atoms with Gasteiger partial charge in [0.25, 0.3) is 5.91 Å². The second kappa shape index (κ2) is 11.5. The molecular formula is C12H24N2O5. The summed E-state index contributed by atoms with van der Waals surface area (Å²) in [6, 6.07) is 0. The largest absolute Gasteiger partial charge is 0.479 e. The number of hydrazine groups is 1. The number of rotatable bonds is 4. The predicted octanol–water partition coefficient (Wildman–Crippen LogP) is 0.838. The number of hydrogen-bond donors (Lipinski definition) is 3. The van der Waals surface area contributed by atoms with Gasteiger partial charge in [-0.2, -0.15) is 0 Å². The molecule has 1 fully saturated rings. The van der Waals surface area contributed by atoms with E-state index in [1.165, 1.54) is 0 Å². The monoisotopic (exact) mass is 276 g/mol. The quantitative estimate of drug-likeness (QED) is 0.521. The van der Waals surface area contributed by atoms with Gasteiger partial charge in [0, 0.05) is 6.42 Å². The third kappa shape index (κ3) is 8.15. The minimum atomic E-state index is -1.19. The van der Waals surface area contributed by atoms with E-state index in [1.807, 2.05) is 34.6 Å². The number of carbonyl (C=O) groups is 3. The van der Waals surface area contributed by atoms with Crippen LogP contribution in [0.4, 0.5) is 0 Å². The first kappa shape index (κ1) is 19.7. The van der Waals surface area contributed by atoms with Gasteiger partial charge in [-0.25, -0.2) is 4.79 Å². The molecule has 0 radical (unpaired) electrons. The van der Waals surface area contributed by atoms with Crippen LogP contribution < -0.4 is 10.9 Å². The number of epoxide rings is 1.